The van der Waals surface area contributed by atoms with E-state index in [0.29, 0.717) is 57.1 Å². The summed E-state index contributed by atoms with van der Waals surface area (Å²) in [5.41, 5.74) is -0.266. The molecular formula is C24H26O11. The van der Waals surface area contributed by atoms with E-state index in [2.05, 4.69) is 0 Å². The van der Waals surface area contributed by atoms with E-state index in [0.717, 1.165) is 0 Å². The number of ether oxygens (including phenoxy) is 10. The molecule has 0 unspecified atom stereocenters. The number of aliphatic hydroxyl groups is 1. The topological polar surface area (TPSA) is 113 Å². The Morgan fingerprint density at radius 1 is 0.771 bits per heavy atom. The van der Waals surface area contributed by atoms with Gasteiger partial charge in [0.25, 0.3) is 0 Å². The molecule has 0 spiro atoms. The molecule has 0 saturated carbocycles. The van der Waals surface area contributed by atoms with Crippen molar-refractivity contribution in [1.29, 1.82) is 0 Å². The smallest absolute Gasteiger partial charge is 0.231 e. The molecule has 0 amide bonds. The van der Waals surface area contributed by atoms with E-state index in [9.17, 15) is 5.11 Å². The Balaban J connectivity index is 1.43. The zero-order valence-corrected chi connectivity index (χ0v) is 19.7. The van der Waals surface area contributed by atoms with Gasteiger partial charge in [-0.25, -0.2) is 0 Å². The van der Waals surface area contributed by atoms with Crippen LogP contribution in [0.4, 0.5) is 0 Å². The van der Waals surface area contributed by atoms with Gasteiger partial charge in [0.15, 0.2) is 23.0 Å². The van der Waals surface area contributed by atoms with E-state index >= 15 is 0 Å². The Labute approximate surface area is 201 Å². The number of hydrogen-bond acceptors (Lipinski definition) is 11. The fourth-order valence-electron chi connectivity index (χ4n) is 5.44. The summed E-state index contributed by atoms with van der Waals surface area (Å²) in [5.74, 6) is 3.24. The van der Waals surface area contributed by atoms with Crippen LogP contribution >= 0.6 is 0 Å². The van der Waals surface area contributed by atoms with Crippen LogP contribution in [0.3, 0.4) is 0 Å². The van der Waals surface area contributed by atoms with Gasteiger partial charge in [0, 0.05) is 18.1 Å². The summed E-state index contributed by atoms with van der Waals surface area (Å²) in [6, 6.07) is 3.44. The van der Waals surface area contributed by atoms with Crippen molar-refractivity contribution >= 4 is 0 Å². The van der Waals surface area contributed by atoms with Crippen molar-refractivity contribution in [3.63, 3.8) is 0 Å². The number of benzene rings is 2. The maximum atomic E-state index is 12.0. The molecule has 2 fully saturated rings. The summed E-state index contributed by atoms with van der Waals surface area (Å²) in [6.45, 7) is 0.333. The first-order valence-electron chi connectivity index (χ1n) is 11.1. The predicted octanol–water partition coefficient (Wildman–Crippen LogP) is 2.37. The second kappa shape index (κ2) is 8.14. The van der Waals surface area contributed by atoms with Crippen LogP contribution in [-0.2, 0) is 9.47 Å². The van der Waals surface area contributed by atoms with Gasteiger partial charge in [0.1, 0.15) is 23.2 Å². The normalized spacial score (nSPS) is 27.6. The highest BCUT2D eigenvalue weighted by Crippen LogP contribution is 2.61. The van der Waals surface area contributed by atoms with Crippen molar-refractivity contribution in [2.45, 2.75) is 17.8 Å². The molecule has 0 bridgehead atoms. The fourth-order valence-corrected chi connectivity index (χ4v) is 5.44. The highest BCUT2D eigenvalue weighted by molar-refractivity contribution is 5.65. The first-order chi connectivity index (χ1) is 17.0. The molecule has 4 aliphatic heterocycles. The molecule has 0 aromatic heterocycles. The SMILES string of the molecule is COc1cc2c(c(OC)c1[C@H]1OC[C@@]3(O)[C@H](c4c(OC)cc5c(c4OC)OCO5)OC[C@@H]13)OCO2. The molecule has 2 aromatic rings. The maximum absolute atomic E-state index is 12.0. The lowest BCUT2D eigenvalue weighted by Crippen LogP contribution is -2.39. The second-order valence-corrected chi connectivity index (χ2v) is 8.56. The van der Waals surface area contributed by atoms with E-state index in [-0.39, 0.29) is 26.8 Å². The zero-order chi connectivity index (χ0) is 24.3. The van der Waals surface area contributed by atoms with Gasteiger partial charge in [-0.15, -0.1) is 0 Å². The molecule has 4 aliphatic rings. The number of hydrogen-bond donors (Lipinski definition) is 1. The van der Waals surface area contributed by atoms with Gasteiger partial charge in [-0.1, -0.05) is 0 Å². The quantitative estimate of drug-likeness (QED) is 0.644. The van der Waals surface area contributed by atoms with Crippen molar-refractivity contribution in [2.75, 3.05) is 55.2 Å². The van der Waals surface area contributed by atoms with Crippen LogP contribution in [0, 0.1) is 5.92 Å². The molecule has 2 saturated heterocycles. The van der Waals surface area contributed by atoms with Crippen molar-refractivity contribution in [3.8, 4) is 46.0 Å². The molecule has 4 atom stereocenters. The lowest BCUT2D eigenvalue weighted by Gasteiger charge is -2.29. The van der Waals surface area contributed by atoms with Crippen molar-refractivity contribution < 1.29 is 52.5 Å². The van der Waals surface area contributed by atoms with E-state index in [1.807, 2.05) is 0 Å². The minimum atomic E-state index is -1.41. The van der Waals surface area contributed by atoms with Gasteiger partial charge in [-0.2, -0.15) is 0 Å². The molecule has 0 radical (unpaired) electrons. The predicted molar refractivity (Wildman–Crippen MR) is 117 cm³/mol. The molecule has 11 nitrogen and oxygen atoms in total. The average Bonchev–Trinajstić information content (AvgIpc) is 3.65. The van der Waals surface area contributed by atoms with E-state index in [1.54, 1.807) is 19.2 Å². The lowest BCUT2D eigenvalue weighted by molar-refractivity contribution is -0.0644. The summed E-state index contributed by atoms with van der Waals surface area (Å²) < 4.78 is 57.4. The van der Waals surface area contributed by atoms with E-state index in [4.69, 9.17) is 47.4 Å². The molecule has 6 rings (SSSR count). The highest BCUT2D eigenvalue weighted by Gasteiger charge is 2.62. The van der Waals surface area contributed by atoms with Crippen LogP contribution in [0.25, 0.3) is 0 Å². The zero-order valence-electron chi connectivity index (χ0n) is 19.7. The monoisotopic (exact) mass is 490 g/mol. The molecule has 188 valence electrons. The summed E-state index contributed by atoms with van der Waals surface area (Å²) in [5, 5.41) is 12.0. The second-order valence-electron chi connectivity index (χ2n) is 8.56. The Kier molecular flexibility index (Phi) is 5.17. The third-order valence-corrected chi connectivity index (χ3v) is 7.03. The number of fused-ring (bicyclic) bond motifs is 3. The highest BCUT2D eigenvalue weighted by atomic mass is 16.7. The lowest BCUT2D eigenvalue weighted by atomic mass is 9.80. The molecule has 2 aromatic carbocycles. The van der Waals surface area contributed by atoms with Gasteiger partial charge < -0.3 is 52.5 Å². The van der Waals surface area contributed by atoms with Crippen LogP contribution in [0.15, 0.2) is 12.1 Å². The van der Waals surface area contributed by atoms with Crippen LogP contribution in [0.2, 0.25) is 0 Å². The Hall–Kier alpha value is -3.28. The van der Waals surface area contributed by atoms with Crippen LogP contribution in [0.5, 0.6) is 46.0 Å². The van der Waals surface area contributed by atoms with Crippen molar-refractivity contribution in [3.05, 3.63) is 23.3 Å². The molecule has 1 N–H and O–H groups in total. The molecule has 4 heterocycles. The Bertz CT molecular complexity index is 1170. The first-order valence-corrected chi connectivity index (χ1v) is 11.1. The summed E-state index contributed by atoms with van der Waals surface area (Å²) in [7, 11) is 6.15. The van der Waals surface area contributed by atoms with Crippen LogP contribution in [0.1, 0.15) is 23.3 Å². The Morgan fingerprint density at radius 3 is 1.91 bits per heavy atom. The molecular weight excluding hydrogens is 464 g/mol. The third-order valence-electron chi connectivity index (χ3n) is 7.03. The van der Waals surface area contributed by atoms with Gasteiger partial charge in [-0.3, -0.25) is 0 Å². The molecule has 35 heavy (non-hydrogen) atoms. The minimum absolute atomic E-state index is 0.00546. The minimum Gasteiger partial charge on any atom is -0.496 e. The maximum Gasteiger partial charge on any atom is 0.231 e. The first kappa shape index (κ1) is 22.2. The van der Waals surface area contributed by atoms with Gasteiger partial charge in [0.05, 0.1) is 58.9 Å². The van der Waals surface area contributed by atoms with Crippen LogP contribution < -0.4 is 37.9 Å². The fraction of sp³-hybridized carbons (Fsp3) is 0.500. The van der Waals surface area contributed by atoms with E-state index < -0.39 is 23.7 Å². The standard InChI is InChI=1S/C24H26O11/c1-26-12-5-14-19(34-9-32-14)21(28-3)16(12)18-11-7-30-23(24(11,25)8-31-18)17-13(27-2)6-15-20(22(17)29-4)35-10-33-15/h5-6,11,18,23,25H,7-10H2,1-4H3/t11-,18-,23-,24-/m0/s1. The van der Waals surface area contributed by atoms with Gasteiger partial charge >= 0.3 is 0 Å². The molecule has 11 heteroatoms. The Morgan fingerprint density at radius 2 is 1.34 bits per heavy atom. The van der Waals surface area contributed by atoms with Crippen molar-refractivity contribution in [1.82, 2.24) is 0 Å². The molecule has 0 aliphatic carbocycles. The summed E-state index contributed by atoms with van der Waals surface area (Å²) in [4.78, 5) is 0. The van der Waals surface area contributed by atoms with Crippen molar-refractivity contribution in [2.24, 2.45) is 5.92 Å². The van der Waals surface area contributed by atoms with Crippen LogP contribution in [-0.4, -0.2) is 65.9 Å². The average molecular weight is 490 g/mol. The summed E-state index contributed by atoms with van der Waals surface area (Å²) >= 11 is 0. The van der Waals surface area contributed by atoms with Gasteiger partial charge in [-0.05, 0) is 0 Å². The summed E-state index contributed by atoms with van der Waals surface area (Å²) in [6.07, 6.45) is -1.42. The number of rotatable bonds is 6. The largest absolute Gasteiger partial charge is 0.496 e. The third kappa shape index (κ3) is 3.01. The van der Waals surface area contributed by atoms with E-state index in [1.165, 1.54) is 21.3 Å². The van der Waals surface area contributed by atoms with Gasteiger partial charge in [0.2, 0.25) is 25.1 Å². The number of methoxy groups -OCH3 is 4.